The highest BCUT2D eigenvalue weighted by atomic mass is 35.5. The molecule has 0 aliphatic carbocycles. The van der Waals surface area contributed by atoms with E-state index in [0.29, 0.717) is 58.3 Å². The highest BCUT2D eigenvalue weighted by Gasteiger charge is 2.24. The second kappa shape index (κ2) is 8.04. The number of anilines is 2. The maximum absolute atomic E-state index is 6.45. The number of hydrogen-bond acceptors (Lipinski definition) is 8. The fourth-order valence-corrected chi connectivity index (χ4v) is 3.79. The lowest BCUT2D eigenvalue weighted by molar-refractivity contribution is 0.0261. The van der Waals surface area contributed by atoms with Crippen molar-refractivity contribution in [2.75, 3.05) is 32.4 Å². The summed E-state index contributed by atoms with van der Waals surface area (Å²) >= 11 is 6.45. The zero-order valence-corrected chi connectivity index (χ0v) is 17.1. The van der Waals surface area contributed by atoms with Crippen molar-refractivity contribution in [3.05, 3.63) is 35.6 Å². The average molecular weight is 430 g/mol. The van der Waals surface area contributed by atoms with E-state index in [1.807, 2.05) is 12.1 Å². The number of methoxy groups -OCH3 is 1. The van der Waals surface area contributed by atoms with Crippen LogP contribution >= 0.6 is 11.6 Å². The van der Waals surface area contributed by atoms with Crippen LogP contribution in [0.1, 0.15) is 12.8 Å². The minimum Gasteiger partial charge on any atom is -0.497 e. The smallest absolute Gasteiger partial charge is 0.231 e. The Balaban J connectivity index is 1.60. The van der Waals surface area contributed by atoms with Crippen LogP contribution < -0.4 is 24.3 Å². The van der Waals surface area contributed by atoms with Gasteiger partial charge in [-0.3, -0.25) is 0 Å². The molecule has 3 heterocycles. The molecule has 0 radical (unpaired) electrons. The van der Waals surface area contributed by atoms with Gasteiger partial charge in [-0.2, -0.15) is 0 Å². The molecular weight excluding hydrogens is 410 g/mol. The largest absolute Gasteiger partial charge is 0.497 e. The van der Waals surface area contributed by atoms with E-state index < -0.39 is 0 Å². The molecular formula is C21H20ClN3O5. The summed E-state index contributed by atoms with van der Waals surface area (Å²) in [4.78, 5) is 8.87. The number of rotatable bonds is 5. The number of hydrogen-bond donors (Lipinski definition) is 1. The van der Waals surface area contributed by atoms with Gasteiger partial charge in [0.25, 0.3) is 0 Å². The Morgan fingerprint density at radius 3 is 2.83 bits per heavy atom. The standard InChI is InChI=1S/C21H20ClN3O5/c1-26-13-8-15-18(17(9-13)30-12-4-6-27-7-5-12)21(24-10-23-15)25-19-14(22)2-3-16-20(19)29-11-28-16/h2-3,8-10,12H,4-7,11H2,1H3,(H,23,24,25). The van der Waals surface area contributed by atoms with Crippen LogP contribution in [0.5, 0.6) is 23.0 Å². The van der Waals surface area contributed by atoms with Gasteiger partial charge >= 0.3 is 0 Å². The SMILES string of the molecule is COc1cc(OC2CCOCC2)c2c(Nc3c(Cl)ccc4c3OCO4)ncnc2c1. The van der Waals surface area contributed by atoms with Gasteiger partial charge in [0.05, 0.1) is 36.2 Å². The Kier molecular flexibility index (Phi) is 5.10. The molecule has 0 amide bonds. The lowest BCUT2D eigenvalue weighted by Gasteiger charge is -2.24. The topological polar surface area (TPSA) is 84.0 Å². The van der Waals surface area contributed by atoms with Crippen LogP contribution in [-0.4, -0.2) is 43.2 Å². The van der Waals surface area contributed by atoms with Crippen LogP contribution in [-0.2, 0) is 4.74 Å². The van der Waals surface area contributed by atoms with Crippen molar-refractivity contribution < 1.29 is 23.7 Å². The minimum absolute atomic E-state index is 0.0448. The quantitative estimate of drug-likeness (QED) is 0.641. The van der Waals surface area contributed by atoms with Crippen LogP contribution in [0.2, 0.25) is 5.02 Å². The van der Waals surface area contributed by atoms with Gasteiger partial charge in [-0.25, -0.2) is 9.97 Å². The Morgan fingerprint density at radius 1 is 1.13 bits per heavy atom. The van der Waals surface area contributed by atoms with E-state index in [1.165, 1.54) is 6.33 Å². The van der Waals surface area contributed by atoms with Crippen LogP contribution in [0.3, 0.4) is 0 Å². The number of nitrogens with one attached hydrogen (secondary N) is 1. The molecule has 5 rings (SSSR count). The predicted molar refractivity (Wildman–Crippen MR) is 111 cm³/mol. The van der Waals surface area contributed by atoms with Crippen LogP contribution in [0.4, 0.5) is 11.5 Å². The number of ether oxygens (including phenoxy) is 5. The van der Waals surface area contributed by atoms with E-state index >= 15 is 0 Å². The van der Waals surface area contributed by atoms with E-state index in [4.69, 9.17) is 35.3 Å². The van der Waals surface area contributed by atoms with Gasteiger partial charge in [-0.15, -0.1) is 0 Å². The van der Waals surface area contributed by atoms with Crippen molar-refractivity contribution in [1.82, 2.24) is 9.97 Å². The number of benzene rings is 2. The second-order valence-corrected chi connectivity index (χ2v) is 7.36. The Hall–Kier alpha value is -2.97. The zero-order valence-electron chi connectivity index (χ0n) is 16.3. The summed E-state index contributed by atoms with van der Waals surface area (Å²) in [7, 11) is 1.62. The van der Waals surface area contributed by atoms with Crippen LogP contribution in [0, 0.1) is 0 Å². The molecule has 2 aliphatic heterocycles. The molecule has 1 fully saturated rings. The van der Waals surface area contributed by atoms with Gasteiger partial charge < -0.3 is 29.0 Å². The van der Waals surface area contributed by atoms with Crippen molar-refractivity contribution >= 4 is 34.0 Å². The van der Waals surface area contributed by atoms with Crippen molar-refractivity contribution in [2.45, 2.75) is 18.9 Å². The molecule has 0 saturated carbocycles. The molecule has 30 heavy (non-hydrogen) atoms. The molecule has 8 nitrogen and oxygen atoms in total. The summed E-state index contributed by atoms with van der Waals surface area (Å²) < 4.78 is 28.3. The van der Waals surface area contributed by atoms with E-state index in [9.17, 15) is 0 Å². The number of nitrogens with zero attached hydrogens (tertiary/aromatic N) is 2. The normalized spacial score (nSPS) is 15.9. The first kappa shape index (κ1) is 19.0. The number of fused-ring (bicyclic) bond motifs is 2. The average Bonchev–Trinajstić information content (AvgIpc) is 3.25. The summed E-state index contributed by atoms with van der Waals surface area (Å²) in [6.07, 6.45) is 3.16. The number of halogens is 1. The van der Waals surface area contributed by atoms with Crippen LogP contribution in [0.25, 0.3) is 10.9 Å². The fraction of sp³-hybridized carbons (Fsp3) is 0.333. The van der Waals surface area contributed by atoms with Gasteiger partial charge in [-0.1, -0.05) is 11.6 Å². The third kappa shape index (κ3) is 3.53. The highest BCUT2D eigenvalue weighted by Crippen LogP contribution is 2.46. The molecule has 2 aromatic carbocycles. The molecule has 0 atom stereocenters. The molecule has 1 N–H and O–H groups in total. The monoisotopic (exact) mass is 429 g/mol. The molecule has 2 aliphatic rings. The van der Waals surface area contributed by atoms with E-state index in [1.54, 1.807) is 19.2 Å². The first-order valence-corrected chi connectivity index (χ1v) is 10.0. The number of aromatic nitrogens is 2. The summed E-state index contributed by atoms with van der Waals surface area (Å²) in [5.41, 5.74) is 1.27. The molecule has 156 valence electrons. The molecule has 1 saturated heterocycles. The maximum atomic E-state index is 6.45. The Bertz CT molecular complexity index is 1090. The third-order valence-corrected chi connectivity index (χ3v) is 5.42. The lowest BCUT2D eigenvalue weighted by atomic mass is 10.1. The fourth-order valence-electron chi connectivity index (χ4n) is 3.59. The maximum Gasteiger partial charge on any atom is 0.231 e. The summed E-state index contributed by atoms with van der Waals surface area (Å²) in [6.45, 7) is 1.50. The van der Waals surface area contributed by atoms with Crippen LogP contribution in [0.15, 0.2) is 30.6 Å². The Labute approximate surface area is 178 Å². The van der Waals surface area contributed by atoms with Crippen molar-refractivity contribution in [1.29, 1.82) is 0 Å². The van der Waals surface area contributed by atoms with Gasteiger partial charge in [0.2, 0.25) is 6.79 Å². The third-order valence-electron chi connectivity index (χ3n) is 5.10. The molecule has 0 spiro atoms. The van der Waals surface area contributed by atoms with Gasteiger partial charge in [0, 0.05) is 25.0 Å². The summed E-state index contributed by atoms with van der Waals surface area (Å²) in [5.74, 6) is 3.02. The Morgan fingerprint density at radius 2 is 2.00 bits per heavy atom. The molecule has 0 bridgehead atoms. The van der Waals surface area contributed by atoms with Gasteiger partial charge in [-0.05, 0) is 12.1 Å². The lowest BCUT2D eigenvalue weighted by Crippen LogP contribution is -2.26. The molecule has 3 aromatic rings. The van der Waals surface area contributed by atoms with Gasteiger partial charge in [0.15, 0.2) is 11.5 Å². The second-order valence-electron chi connectivity index (χ2n) is 6.95. The van der Waals surface area contributed by atoms with Crippen molar-refractivity contribution in [3.8, 4) is 23.0 Å². The summed E-state index contributed by atoms with van der Waals surface area (Å²) in [6, 6.07) is 7.22. The zero-order chi connectivity index (χ0) is 20.5. The van der Waals surface area contributed by atoms with Gasteiger partial charge in [0.1, 0.15) is 35.4 Å². The molecule has 9 heteroatoms. The summed E-state index contributed by atoms with van der Waals surface area (Å²) in [5, 5.41) is 4.52. The minimum atomic E-state index is 0.0448. The first-order chi connectivity index (χ1) is 14.7. The van der Waals surface area contributed by atoms with E-state index in [2.05, 4.69) is 15.3 Å². The first-order valence-electron chi connectivity index (χ1n) is 9.65. The highest BCUT2D eigenvalue weighted by molar-refractivity contribution is 6.34. The van der Waals surface area contributed by atoms with E-state index in [-0.39, 0.29) is 12.9 Å². The van der Waals surface area contributed by atoms with Crippen molar-refractivity contribution in [3.63, 3.8) is 0 Å². The van der Waals surface area contributed by atoms with E-state index in [0.717, 1.165) is 18.2 Å². The molecule has 1 aromatic heterocycles. The predicted octanol–water partition coefficient (Wildman–Crippen LogP) is 4.32. The molecule has 0 unspecified atom stereocenters. The van der Waals surface area contributed by atoms with Crippen molar-refractivity contribution in [2.24, 2.45) is 0 Å².